The lowest BCUT2D eigenvalue weighted by molar-refractivity contribution is 0.409. The van der Waals surface area contributed by atoms with Gasteiger partial charge in [-0.2, -0.15) is 0 Å². The van der Waals surface area contributed by atoms with Gasteiger partial charge in [0.05, 0.1) is 36.3 Å². The number of hydrogen-bond donors (Lipinski definition) is 2. The zero-order valence-electron chi connectivity index (χ0n) is 14.8. The molecule has 3 N–H and O–H groups in total. The molecule has 2 aliphatic heterocycles. The van der Waals surface area contributed by atoms with Crippen molar-refractivity contribution in [3.8, 4) is 5.75 Å². The van der Waals surface area contributed by atoms with Crippen LogP contribution in [0.3, 0.4) is 0 Å². The molecular weight excluding hydrogens is 331 g/mol. The average Bonchev–Trinajstić information content (AvgIpc) is 3.31. The number of methoxy groups -OCH3 is 1. The molecule has 2 aromatic rings. The standard InChI is InChI=1S/C20H23FN4O/c1-26-19-4-2-3-16(21)20(19)13-9-18(23-10-13)17-6-5-15(11-24-17)25-8-7-14(22)12-25/h2-6,10-11,14,18,23H,7-9,12,22H2,1H3. The van der Waals surface area contributed by atoms with E-state index in [2.05, 4.69) is 21.3 Å². The third-order valence-electron chi connectivity index (χ3n) is 5.12. The van der Waals surface area contributed by atoms with Crippen molar-refractivity contribution in [3.63, 3.8) is 0 Å². The molecular formula is C20H23FN4O. The maximum atomic E-state index is 14.3. The first-order chi connectivity index (χ1) is 12.7. The van der Waals surface area contributed by atoms with Gasteiger partial charge in [0, 0.05) is 31.8 Å². The Kier molecular flexibility index (Phi) is 4.51. The molecule has 1 aromatic carbocycles. The lowest BCUT2D eigenvalue weighted by Crippen LogP contribution is -2.26. The maximum absolute atomic E-state index is 14.3. The summed E-state index contributed by atoms with van der Waals surface area (Å²) in [5, 5.41) is 3.32. The van der Waals surface area contributed by atoms with Crippen LogP contribution in [0.25, 0.3) is 5.57 Å². The van der Waals surface area contributed by atoms with E-state index in [-0.39, 0.29) is 17.9 Å². The maximum Gasteiger partial charge on any atom is 0.134 e. The van der Waals surface area contributed by atoms with Crippen LogP contribution < -0.4 is 20.7 Å². The third-order valence-corrected chi connectivity index (χ3v) is 5.12. The Labute approximate surface area is 152 Å². The van der Waals surface area contributed by atoms with Gasteiger partial charge in [-0.1, -0.05) is 6.07 Å². The van der Waals surface area contributed by atoms with Crippen LogP contribution in [-0.4, -0.2) is 31.2 Å². The van der Waals surface area contributed by atoms with Crippen molar-refractivity contribution < 1.29 is 9.13 Å². The SMILES string of the molecule is COc1cccc(F)c1C1=CNC(c2ccc(N3CCC(N)C3)cn2)C1. The van der Waals surface area contributed by atoms with Crippen molar-refractivity contribution in [2.75, 3.05) is 25.1 Å². The first-order valence-electron chi connectivity index (χ1n) is 8.90. The summed E-state index contributed by atoms with van der Waals surface area (Å²) >= 11 is 0. The number of nitrogens with two attached hydrogens (primary N) is 1. The van der Waals surface area contributed by atoms with Gasteiger partial charge in [-0.3, -0.25) is 4.98 Å². The van der Waals surface area contributed by atoms with Crippen LogP contribution in [0.2, 0.25) is 0 Å². The Balaban J connectivity index is 1.49. The topological polar surface area (TPSA) is 63.4 Å². The van der Waals surface area contributed by atoms with Gasteiger partial charge < -0.3 is 20.7 Å². The summed E-state index contributed by atoms with van der Waals surface area (Å²) in [5.74, 6) is 0.277. The molecule has 0 bridgehead atoms. The highest BCUT2D eigenvalue weighted by Gasteiger charge is 2.25. The fourth-order valence-corrected chi connectivity index (χ4v) is 3.70. The number of hydrogen-bond acceptors (Lipinski definition) is 5. The number of pyridine rings is 1. The minimum atomic E-state index is -0.272. The largest absolute Gasteiger partial charge is 0.496 e. The van der Waals surface area contributed by atoms with Gasteiger partial charge in [0.1, 0.15) is 11.6 Å². The number of nitrogens with one attached hydrogen (secondary N) is 1. The third kappa shape index (κ3) is 3.12. The van der Waals surface area contributed by atoms with Gasteiger partial charge in [0.15, 0.2) is 0 Å². The highest BCUT2D eigenvalue weighted by molar-refractivity contribution is 5.73. The smallest absolute Gasteiger partial charge is 0.134 e. The molecule has 1 saturated heterocycles. The van der Waals surface area contributed by atoms with Crippen molar-refractivity contribution in [3.05, 3.63) is 59.8 Å². The van der Waals surface area contributed by atoms with Crippen molar-refractivity contribution in [2.45, 2.75) is 24.9 Å². The fourth-order valence-electron chi connectivity index (χ4n) is 3.70. The number of rotatable bonds is 4. The lowest BCUT2D eigenvalue weighted by atomic mass is 9.99. The Hall–Kier alpha value is -2.60. The molecule has 1 fully saturated rings. The highest BCUT2D eigenvalue weighted by Crippen LogP contribution is 2.37. The highest BCUT2D eigenvalue weighted by atomic mass is 19.1. The van der Waals surface area contributed by atoms with Gasteiger partial charge in [0.2, 0.25) is 0 Å². The van der Waals surface area contributed by atoms with E-state index in [0.717, 1.165) is 36.5 Å². The van der Waals surface area contributed by atoms with Crippen molar-refractivity contribution in [1.29, 1.82) is 0 Å². The van der Waals surface area contributed by atoms with E-state index < -0.39 is 0 Å². The van der Waals surface area contributed by atoms with E-state index in [1.807, 2.05) is 18.5 Å². The predicted molar refractivity (Wildman–Crippen MR) is 100 cm³/mol. The average molecular weight is 354 g/mol. The number of aromatic nitrogens is 1. The summed E-state index contributed by atoms with van der Waals surface area (Å²) in [5.41, 5.74) is 9.43. The molecule has 26 heavy (non-hydrogen) atoms. The normalized spacial score (nSPS) is 22.3. The second kappa shape index (κ2) is 6.96. The monoisotopic (exact) mass is 354 g/mol. The first kappa shape index (κ1) is 16.8. The van der Waals surface area contributed by atoms with E-state index in [9.17, 15) is 4.39 Å². The summed E-state index contributed by atoms with van der Waals surface area (Å²) in [6.07, 6.45) is 5.44. The molecule has 4 rings (SSSR count). The molecule has 136 valence electrons. The van der Waals surface area contributed by atoms with Gasteiger partial charge in [0.25, 0.3) is 0 Å². The van der Waals surface area contributed by atoms with Crippen LogP contribution in [0.5, 0.6) is 5.75 Å². The summed E-state index contributed by atoms with van der Waals surface area (Å²) in [6.45, 7) is 1.85. The molecule has 3 heterocycles. The molecule has 0 radical (unpaired) electrons. The number of halogens is 1. The predicted octanol–water partition coefficient (Wildman–Crippen LogP) is 2.84. The van der Waals surface area contributed by atoms with E-state index >= 15 is 0 Å². The molecule has 0 saturated carbocycles. The van der Waals surface area contributed by atoms with Crippen LogP contribution in [0.4, 0.5) is 10.1 Å². The number of nitrogens with zero attached hydrogens (tertiary/aromatic N) is 2. The van der Waals surface area contributed by atoms with Gasteiger partial charge >= 0.3 is 0 Å². The Bertz CT molecular complexity index is 821. The number of benzene rings is 1. The molecule has 0 amide bonds. The molecule has 2 atom stereocenters. The summed E-state index contributed by atoms with van der Waals surface area (Å²) in [7, 11) is 1.56. The number of anilines is 1. The van der Waals surface area contributed by atoms with Gasteiger partial charge in [-0.15, -0.1) is 0 Å². The lowest BCUT2D eigenvalue weighted by Gasteiger charge is -2.19. The zero-order chi connectivity index (χ0) is 18.1. The van der Waals surface area contributed by atoms with Gasteiger partial charge in [-0.05, 0) is 36.3 Å². The Morgan fingerprint density at radius 3 is 2.88 bits per heavy atom. The van der Waals surface area contributed by atoms with E-state index in [1.165, 1.54) is 6.07 Å². The molecule has 1 aromatic heterocycles. The van der Waals surface area contributed by atoms with Crippen LogP contribution in [0.15, 0.2) is 42.7 Å². The van der Waals surface area contributed by atoms with E-state index in [4.69, 9.17) is 10.5 Å². The molecule has 5 nitrogen and oxygen atoms in total. The van der Waals surface area contributed by atoms with Crippen LogP contribution in [0.1, 0.15) is 30.1 Å². The number of ether oxygens (including phenoxy) is 1. The molecule has 2 unspecified atom stereocenters. The van der Waals surface area contributed by atoms with E-state index in [1.54, 1.807) is 19.2 Å². The summed E-state index contributed by atoms with van der Waals surface area (Å²) < 4.78 is 19.6. The molecule has 6 heteroatoms. The Morgan fingerprint density at radius 1 is 1.31 bits per heavy atom. The van der Waals surface area contributed by atoms with Crippen LogP contribution in [-0.2, 0) is 0 Å². The zero-order valence-corrected chi connectivity index (χ0v) is 14.8. The van der Waals surface area contributed by atoms with Crippen LogP contribution >= 0.6 is 0 Å². The van der Waals surface area contributed by atoms with Crippen molar-refractivity contribution in [2.24, 2.45) is 5.73 Å². The first-order valence-corrected chi connectivity index (χ1v) is 8.90. The second-order valence-corrected chi connectivity index (χ2v) is 6.85. The molecule has 2 aliphatic rings. The fraction of sp³-hybridized carbons (Fsp3) is 0.350. The molecule has 0 aliphatic carbocycles. The summed E-state index contributed by atoms with van der Waals surface area (Å²) in [6, 6.07) is 9.29. The minimum Gasteiger partial charge on any atom is -0.496 e. The van der Waals surface area contributed by atoms with Gasteiger partial charge in [-0.25, -0.2) is 4.39 Å². The summed E-state index contributed by atoms with van der Waals surface area (Å²) in [4.78, 5) is 6.88. The second-order valence-electron chi connectivity index (χ2n) is 6.85. The van der Waals surface area contributed by atoms with E-state index in [0.29, 0.717) is 17.7 Å². The Morgan fingerprint density at radius 2 is 2.19 bits per heavy atom. The van der Waals surface area contributed by atoms with Crippen molar-refractivity contribution >= 4 is 11.3 Å². The minimum absolute atomic E-state index is 0.0317. The quantitative estimate of drug-likeness (QED) is 0.884. The van der Waals surface area contributed by atoms with Crippen LogP contribution in [0, 0.1) is 5.82 Å². The van der Waals surface area contributed by atoms with Crippen molar-refractivity contribution in [1.82, 2.24) is 10.3 Å². The molecule has 0 spiro atoms.